The zero-order chi connectivity index (χ0) is 25.1. The van der Waals surface area contributed by atoms with Crippen molar-refractivity contribution in [3.8, 4) is 5.75 Å². The van der Waals surface area contributed by atoms with Crippen LogP contribution in [0, 0.1) is 0 Å². The highest BCUT2D eigenvalue weighted by molar-refractivity contribution is 7.89. The molecule has 6 nitrogen and oxygen atoms in total. The summed E-state index contributed by atoms with van der Waals surface area (Å²) in [5, 5.41) is 14.5. The second-order valence-corrected chi connectivity index (χ2v) is 11.2. The van der Waals surface area contributed by atoms with Crippen LogP contribution < -0.4 is 14.8 Å². The summed E-state index contributed by atoms with van der Waals surface area (Å²) in [7, 11) is -3.86. The van der Waals surface area contributed by atoms with Crippen molar-refractivity contribution in [1.29, 1.82) is 0 Å². The Morgan fingerprint density at radius 1 is 0.943 bits per heavy atom. The molecule has 2 atom stereocenters. The van der Waals surface area contributed by atoms with Gasteiger partial charge < -0.3 is 15.2 Å². The molecule has 0 amide bonds. The van der Waals surface area contributed by atoms with Gasteiger partial charge in [0.1, 0.15) is 17.5 Å². The quantitative estimate of drug-likeness (QED) is 0.389. The van der Waals surface area contributed by atoms with Gasteiger partial charge >= 0.3 is 0 Å². The summed E-state index contributed by atoms with van der Waals surface area (Å²) in [6.07, 6.45) is 0.679. The van der Waals surface area contributed by atoms with E-state index in [0.29, 0.717) is 17.9 Å². The molecule has 1 aliphatic rings. The van der Waals surface area contributed by atoms with Gasteiger partial charge in [0, 0.05) is 12.1 Å². The van der Waals surface area contributed by atoms with Gasteiger partial charge in [0.25, 0.3) is 0 Å². The van der Waals surface area contributed by atoms with Crippen LogP contribution in [0.15, 0.2) is 77.7 Å². The molecule has 35 heavy (non-hydrogen) atoms. The van der Waals surface area contributed by atoms with Gasteiger partial charge in [-0.3, -0.25) is 0 Å². The summed E-state index contributed by atoms with van der Waals surface area (Å²) in [6.45, 7) is 6.98. The molecule has 0 saturated heterocycles. The maximum atomic E-state index is 13.2. The number of hydrogen-bond donors (Lipinski definition) is 3. The number of benzene rings is 3. The smallest absolute Gasteiger partial charge is 0.241 e. The van der Waals surface area contributed by atoms with Crippen molar-refractivity contribution in [3.63, 3.8) is 0 Å². The average molecular weight is 495 g/mol. The van der Waals surface area contributed by atoms with E-state index in [9.17, 15) is 13.5 Å². The Bertz CT molecular complexity index is 1240. The molecular formula is C28H34N2O4S. The number of nitrogens with one attached hydrogen (secondary N) is 2. The van der Waals surface area contributed by atoms with Gasteiger partial charge in [0.05, 0.1) is 10.9 Å². The summed E-state index contributed by atoms with van der Waals surface area (Å²) in [5.74, 6) is 0.572. The third kappa shape index (κ3) is 5.93. The van der Waals surface area contributed by atoms with Crippen molar-refractivity contribution in [2.45, 2.75) is 62.8 Å². The van der Waals surface area contributed by atoms with Gasteiger partial charge in [0.15, 0.2) is 0 Å². The average Bonchev–Trinajstić information content (AvgIpc) is 2.85. The van der Waals surface area contributed by atoms with Crippen LogP contribution in [0.2, 0.25) is 0 Å². The Kier molecular flexibility index (Phi) is 7.62. The molecule has 3 N–H and O–H groups in total. The summed E-state index contributed by atoms with van der Waals surface area (Å²) < 4.78 is 35.2. The van der Waals surface area contributed by atoms with Crippen LogP contribution in [-0.2, 0) is 29.4 Å². The highest BCUT2D eigenvalue weighted by Gasteiger charge is 2.44. The summed E-state index contributed by atoms with van der Waals surface area (Å²) >= 11 is 0. The normalized spacial score (nSPS) is 19.1. The maximum Gasteiger partial charge on any atom is 0.241 e. The molecule has 0 radical (unpaired) electrons. The van der Waals surface area contributed by atoms with Crippen LogP contribution in [0.5, 0.6) is 5.75 Å². The van der Waals surface area contributed by atoms with E-state index in [1.54, 1.807) is 26.0 Å². The highest BCUT2D eigenvalue weighted by atomic mass is 32.2. The molecule has 0 fully saturated rings. The van der Waals surface area contributed by atoms with Crippen molar-refractivity contribution in [2.24, 2.45) is 0 Å². The predicted molar refractivity (Wildman–Crippen MR) is 138 cm³/mol. The van der Waals surface area contributed by atoms with Gasteiger partial charge in [-0.1, -0.05) is 55.5 Å². The lowest BCUT2D eigenvalue weighted by molar-refractivity contribution is -0.0603. The number of hydrogen-bond acceptors (Lipinski definition) is 5. The molecule has 0 aromatic heterocycles. The topological polar surface area (TPSA) is 87.7 Å². The van der Waals surface area contributed by atoms with E-state index in [4.69, 9.17) is 4.74 Å². The third-order valence-electron chi connectivity index (χ3n) is 6.50. The number of ether oxygens (including phenoxy) is 1. The fourth-order valence-electron chi connectivity index (χ4n) is 4.34. The molecule has 0 bridgehead atoms. The van der Waals surface area contributed by atoms with Crippen molar-refractivity contribution < 1.29 is 18.3 Å². The molecule has 0 saturated carbocycles. The van der Waals surface area contributed by atoms with Gasteiger partial charge in [-0.2, -0.15) is 0 Å². The lowest BCUT2D eigenvalue weighted by atomic mass is 9.86. The Morgan fingerprint density at radius 3 is 2.31 bits per heavy atom. The van der Waals surface area contributed by atoms with Crippen molar-refractivity contribution >= 4 is 10.0 Å². The Morgan fingerprint density at radius 2 is 1.63 bits per heavy atom. The molecule has 3 aromatic carbocycles. The minimum atomic E-state index is -3.86. The van der Waals surface area contributed by atoms with Crippen molar-refractivity contribution in [3.05, 3.63) is 95.1 Å². The first-order valence-corrected chi connectivity index (χ1v) is 13.5. The van der Waals surface area contributed by atoms with E-state index < -0.39 is 27.8 Å². The number of sulfonamides is 1. The minimum Gasteiger partial charge on any atom is -0.485 e. The standard InChI is InChI=1S/C28H34N2O4S/c1-4-20-10-13-23(14-11-20)35(32,33)30-26-24-18-22(12-15-25(24)34-28(2,3)27(26)31)19-29-17-16-21-8-6-5-7-9-21/h5-15,18,26-27,29-31H,4,16-17,19H2,1-3H3/t26-,27+/m1/s1. The first-order chi connectivity index (χ1) is 16.7. The van der Waals surface area contributed by atoms with E-state index in [2.05, 4.69) is 22.2 Å². The van der Waals surface area contributed by atoms with Gasteiger partial charge in [-0.15, -0.1) is 0 Å². The maximum absolute atomic E-state index is 13.2. The number of aliphatic hydroxyl groups excluding tert-OH is 1. The first kappa shape index (κ1) is 25.4. The lowest BCUT2D eigenvalue weighted by Gasteiger charge is -2.42. The second-order valence-electron chi connectivity index (χ2n) is 9.53. The Labute approximate surface area is 208 Å². The lowest BCUT2D eigenvalue weighted by Crippen LogP contribution is -2.53. The highest BCUT2D eigenvalue weighted by Crippen LogP contribution is 2.41. The largest absolute Gasteiger partial charge is 0.485 e. The van der Waals surface area contributed by atoms with Crippen LogP contribution >= 0.6 is 0 Å². The van der Waals surface area contributed by atoms with E-state index in [-0.39, 0.29) is 4.90 Å². The van der Waals surface area contributed by atoms with Crippen molar-refractivity contribution in [2.75, 3.05) is 6.54 Å². The molecule has 1 heterocycles. The number of aliphatic hydroxyl groups is 1. The van der Waals surface area contributed by atoms with E-state index >= 15 is 0 Å². The summed E-state index contributed by atoms with van der Waals surface area (Å²) in [6, 6.07) is 22.0. The van der Waals surface area contributed by atoms with Crippen LogP contribution in [-0.4, -0.2) is 31.8 Å². The Hall–Kier alpha value is -2.71. The number of aryl methyl sites for hydroxylation is 1. The van der Waals surface area contributed by atoms with Gasteiger partial charge in [-0.05, 0) is 74.2 Å². The monoisotopic (exact) mass is 494 g/mol. The molecule has 4 rings (SSSR count). The molecule has 7 heteroatoms. The van der Waals surface area contributed by atoms with Crippen molar-refractivity contribution in [1.82, 2.24) is 10.0 Å². The molecule has 3 aromatic rings. The van der Waals surface area contributed by atoms with Crippen LogP contribution in [0.3, 0.4) is 0 Å². The van der Waals surface area contributed by atoms with Gasteiger partial charge in [-0.25, -0.2) is 13.1 Å². The fraction of sp³-hybridized carbons (Fsp3) is 0.357. The molecular weight excluding hydrogens is 460 g/mol. The second kappa shape index (κ2) is 10.5. The molecule has 0 unspecified atom stereocenters. The van der Waals surface area contributed by atoms with E-state index in [1.165, 1.54) is 5.56 Å². The zero-order valence-electron chi connectivity index (χ0n) is 20.5. The molecule has 0 aliphatic carbocycles. The molecule has 186 valence electrons. The zero-order valence-corrected chi connectivity index (χ0v) is 21.3. The van der Waals surface area contributed by atoms with E-state index in [1.807, 2.05) is 55.5 Å². The van der Waals surface area contributed by atoms with Gasteiger partial charge in [0.2, 0.25) is 10.0 Å². The number of rotatable bonds is 9. The SMILES string of the molecule is CCc1ccc(S(=O)(=O)N[C@@H]2c3cc(CNCCc4ccccc4)ccc3OC(C)(C)[C@H]2O)cc1. The predicted octanol–water partition coefficient (Wildman–Crippen LogP) is 4.13. The first-order valence-electron chi connectivity index (χ1n) is 12.1. The summed E-state index contributed by atoms with van der Waals surface area (Å²) in [4.78, 5) is 0.173. The van der Waals surface area contributed by atoms with Crippen LogP contribution in [0.1, 0.15) is 49.1 Å². The Balaban J connectivity index is 1.53. The van der Waals surface area contributed by atoms with Crippen LogP contribution in [0.25, 0.3) is 0 Å². The fourth-order valence-corrected chi connectivity index (χ4v) is 5.56. The summed E-state index contributed by atoms with van der Waals surface area (Å²) in [5.41, 5.74) is 3.00. The number of fused-ring (bicyclic) bond motifs is 1. The van der Waals surface area contributed by atoms with E-state index in [0.717, 1.165) is 30.5 Å². The molecule has 0 spiro atoms. The molecule has 1 aliphatic heterocycles. The minimum absolute atomic E-state index is 0.173. The third-order valence-corrected chi connectivity index (χ3v) is 7.95. The van der Waals surface area contributed by atoms with Crippen LogP contribution in [0.4, 0.5) is 0 Å².